The van der Waals surface area contributed by atoms with E-state index in [-0.39, 0.29) is 5.91 Å². The molecule has 202 valence electrons. The summed E-state index contributed by atoms with van der Waals surface area (Å²) in [5.41, 5.74) is 9.37. The van der Waals surface area contributed by atoms with Crippen LogP contribution in [0, 0.1) is 25.2 Å². The Morgan fingerprint density at radius 3 is 2.50 bits per heavy atom. The van der Waals surface area contributed by atoms with Crippen molar-refractivity contribution in [2.24, 2.45) is 0 Å². The summed E-state index contributed by atoms with van der Waals surface area (Å²) >= 11 is 1.56. The number of benzene rings is 2. The van der Waals surface area contributed by atoms with Crippen molar-refractivity contribution < 1.29 is 4.79 Å². The van der Waals surface area contributed by atoms with Crippen LogP contribution >= 0.6 is 11.3 Å². The number of anilines is 1. The molecule has 0 saturated heterocycles. The highest BCUT2D eigenvalue weighted by atomic mass is 32.1. The van der Waals surface area contributed by atoms with E-state index in [9.17, 15) is 10.1 Å². The van der Waals surface area contributed by atoms with E-state index in [2.05, 4.69) is 45.3 Å². The Hall–Kier alpha value is -4.28. The Morgan fingerprint density at radius 1 is 1.05 bits per heavy atom. The molecule has 2 aromatic carbocycles. The minimum Gasteiger partial charge on any atom is -0.346 e. The van der Waals surface area contributed by atoms with Crippen molar-refractivity contribution in [1.29, 1.82) is 5.26 Å². The molecule has 2 aromatic heterocycles. The van der Waals surface area contributed by atoms with E-state index in [0.29, 0.717) is 12.1 Å². The summed E-state index contributed by atoms with van der Waals surface area (Å²) in [7, 11) is 0. The molecule has 0 radical (unpaired) electrons. The molecule has 1 amide bonds. The Bertz CT molecular complexity index is 1620. The van der Waals surface area contributed by atoms with Gasteiger partial charge in [0.2, 0.25) is 0 Å². The summed E-state index contributed by atoms with van der Waals surface area (Å²) < 4.78 is 0. The monoisotopic (exact) mass is 547 g/mol. The van der Waals surface area contributed by atoms with Gasteiger partial charge in [0.15, 0.2) is 5.13 Å². The lowest BCUT2D eigenvalue weighted by atomic mass is 9.81. The van der Waals surface area contributed by atoms with Crippen molar-refractivity contribution in [3.8, 4) is 28.5 Å². The molecular formula is C33H33N5OS. The van der Waals surface area contributed by atoms with Crippen LogP contribution in [-0.4, -0.2) is 22.4 Å². The molecule has 0 spiro atoms. The number of amides is 1. The lowest BCUT2D eigenvalue weighted by Crippen LogP contribution is -2.30. The zero-order chi connectivity index (χ0) is 28.3. The number of hydrogen-bond donors (Lipinski definition) is 2. The van der Waals surface area contributed by atoms with E-state index in [1.807, 2.05) is 58.0 Å². The number of rotatable bonds is 8. The van der Waals surface area contributed by atoms with Crippen molar-refractivity contribution >= 4 is 22.4 Å². The first-order valence-electron chi connectivity index (χ1n) is 13.5. The molecule has 0 atom stereocenters. The largest absolute Gasteiger partial charge is 0.346 e. The maximum atomic E-state index is 13.2. The standard InChI is InChI=1S/C33H33N5OS/c1-21-15-27(17-28(22(21)2)33(3,4)20-34)31(39)36-18-29(24-7-5-8-24)37-32-38-30(19-40-32)26-10-6-9-25(16-26)23-11-13-35-14-12-23/h6,9-17,19H,5,7-8,18H2,1-4H3,(H,36,39)(H,37,38). The predicted octanol–water partition coefficient (Wildman–Crippen LogP) is 7.57. The maximum Gasteiger partial charge on any atom is 0.251 e. The smallest absolute Gasteiger partial charge is 0.251 e. The summed E-state index contributed by atoms with van der Waals surface area (Å²) in [6.07, 6.45) is 6.80. The first kappa shape index (κ1) is 27.3. The topological polar surface area (TPSA) is 90.7 Å². The highest BCUT2D eigenvalue weighted by Crippen LogP contribution is 2.33. The second kappa shape index (κ2) is 11.4. The molecule has 40 heavy (non-hydrogen) atoms. The molecule has 1 aliphatic carbocycles. The van der Waals surface area contributed by atoms with Crippen LogP contribution in [-0.2, 0) is 5.41 Å². The third kappa shape index (κ3) is 5.83. The first-order chi connectivity index (χ1) is 19.2. The Morgan fingerprint density at radius 2 is 1.80 bits per heavy atom. The van der Waals surface area contributed by atoms with Crippen molar-refractivity contribution in [3.05, 3.63) is 99.8 Å². The highest BCUT2D eigenvalue weighted by molar-refractivity contribution is 7.14. The van der Waals surface area contributed by atoms with E-state index in [1.165, 1.54) is 5.57 Å². The molecule has 7 heteroatoms. The van der Waals surface area contributed by atoms with Crippen molar-refractivity contribution in [3.63, 3.8) is 0 Å². The van der Waals surface area contributed by atoms with Gasteiger partial charge in [-0.2, -0.15) is 5.26 Å². The molecular weight excluding hydrogens is 514 g/mol. The lowest BCUT2D eigenvalue weighted by molar-refractivity contribution is 0.0956. The van der Waals surface area contributed by atoms with Crippen LogP contribution < -0.4 is 10.6 Å². The molecule has 1 fully saturated rings. The van der Waals surface area contributed by atoms with Crippen LogP contribution in [0.15, 0.2) is 77.6 Å². The fourth-order valence-corrected chi connectivity index (χ4v) is 5.62. The van der Waals surface area contributed by atoms with Crippen LogP contribution in [0.3, 0.4) is 0 Å². The van der Waals surface area contributed by atoms with Crippen LogP contribution in [0.2, 0.25) is 0 Å². The summed E-state index contributed by atoms with van der Waals surface area (Å²) in [6.45, 7) is 8.16. The van der Waals surface area contributed by atoms with Gasteiger partial charge in [-0.15, -0.1) is 11.3 Å². The third-order valence-corrected chi connectivity index (χ3v) is 8.38. The van der Waals surface area contributed by atoms with Crippen molar-refractivity contribution in [2.75, 3.05) is 11.9 Å². The number of carbonyl (C=O) groups excluding carboxylic acids is 1. The number of thiazole rings is 1. The highest BCUT2D eigenvalue weighted by Gasteiger charge is 2.25. The number of hydrogen-bond acceptors (Lipinski definition) is 6. The third-order valence-electron chi connectivity index (χ3n) is 7.63. The number of nitriles is 1. The number of allylic oxidation sites excluding steroid dienone is 1. The number of aryl methyl sites for hydroxylation is 1. The van der Waals surface area contributed by atoms with E-state index < -0.39 is 5.41 Å². The van der Waals surface area contributed by atoms with Crippen LogP contribution in [0.25, 0.3) is 22.4 Å². The van der Waals surface area contributed by atoms with Gasteiger partial charge in [-0.3, -0.25) is 9.78 Å². The van der Waals surface area contributed by atoms with E-state index in [4.69, 9.17) is 4.98 Å². The van der Waals surface area contributed by atoms with Crippen molar-refractivity contribution in [1.82, 2.24) is 15.3 Å². The normalized spacial score (nSPS) is 12.8. The van der Waals surface area contributed by atoms with Crippen LogP contribution in [0.1, 0.15) is 60.2 Å². The van der Waals surface area contributed by atoms with Crippen LogP contribution in [0.5, 0.6) is 0 Å². The fourth-order valence-electron chi connectivity index (χ4n) is 4.88. The fraction of sp³-hybridized carbons (Fsp3) is 0.273. The predicted molar refractivity (Wildman–Crippen MR) is 162 cm³/mol. The Labute approximate surface area is 239 Å². The number of pyridine rings is 1. The van der Waals surface area contributed by atoms with Gasteiger partial charge in [-0.25, -0.2) is 4.98 Å². The lowest BCUT2D eigenvalue weighted by Gasteiger charge is -2.23. The minimum atomic E-state index is -0.674. The molecule has 5 rings (SSSR count). The van der Waals surface area contributed by atoms with Gasteiger partial charge in [0.25, 0.3) is 5.91 Å². The average molecular weight is 548 g/mol. The van der Waals surface area contributed by atoms with Crippen molar-refractivity contribution in [2.45, 2.75) is 52.4 Å². The summed E-state index contributed by atoms with van der Waals surface area (Å²) in [5, 5.41) is 19.1. The zero-order valence-corrected chi connectivity index (χ0v) is 24.2. The second-order valence-electron chi connectivity index (χ2n) is 10.8. The summed E-state index contributed by atoms with van der Waals surface area (Å²) in [4.78, 5) is 22.2. The van der Waals surface area contributed by atoms with Gasteiger partial charge < -0.3 is 10.6 Å². The molecule has 2 heterocycles. The second-order valence-corrected chi connectivity index (χ2v) is 11.7. The minimum absolute atomic E-state index is 0.148. The van der Waals surface area contributed by atoms with E-state index >= 15 is 0 Å². The SMILES string of the molecule is Cc1cc(C(=O)NCC(Nc2nc(-c3cccc(-c4ccncc4)c3)cs2)=C2CCC2)cc(C(C)(C)C#N)c1C. The molecule has 0 unspecified atom stereocenters. The molecule has 0 aliphatic heterocycles. The quantitative estimate of drug-likeness (QED) is 0.237. The van der Waals surface area contributed by atoms with Gasteiger partial charge in [-0.05, 0) is 111 Å². The molecule has 1 aliphatic rings. The summed E-state index contributed by atoms with van der Waals surface area (Å²) in [6, 6.07) is 18.5. The van der Waals surface area contributed by atoms with Gasteiger partial charge in [0.05, 0.1) is 23.7 Å². The number of nitrogens with zero attached hydrogens (tertiary/aromatic N) is 3. The van der Waals surface area contributed by atoms with Gasteiger partial charge in [0, 0.05) is 34.6 Å². The zero-order valence-electron chi connectivity index (χ0n) is 23.3. The van der Waals surface area contributed by atoms with Gasteiger partial charge in [-0.1, -0.05) is 18.2 Å². The van der Waals surface area contributed by atoms with E-state index in [0.717, 1.165) is 69.2 Å². The van der Waals surface area contributed by atoms with Crippen LogP contribution in [0.4, 0.5) is 5.13 Å². The van der Waals surface area contributed by atoms with Gasteiger partial charge >= 0.3 is 0 Å². The Kier molecular flexibility index (Phi) is 7.81. The molecule has 4 aromatic rings. The number of nitrogens with one attached hydrogen (secondary N) is 2. The Balaban J connectivity index is 1.31. The maximum absolute atomic E-state index is 13.2. The summed E-state index contributed by atoms with van der Waals surface area (Å²) in [5.74, 6) is -0.148. The number of carbonyl (C=O) groups is 1. The molecule has 6 nitrogen and oxygen atoms in total. The average Bonchev–Trinajstić information content (AvgIpc) is 3.41. The molecule has 1 saturated carbocycles. The van der Waals surface area contributed by atoms with Gasteiger partial charge in [0.1, 0.15) is 0 Å². The van der Waals surface area contributed by atoms with E-state index in [1.54, 1.807) is 23.7 Å². The molecule has 2 N–H and O–H groups in total. The number of aromatic nitrogens is 2. The molecule has 0 bridgehead atoms. The first-order valence-corrected chi connectivity index (χ1v) is 14.4.